The summed E-state index contributed by atoms with van der Waals surface area (Å²) in [5.74, 6) is 0.769. The highest BCUT2D eigenvalue weighted by atomic mass is 14.9. The van der Waals surface area contributed by atoms with Crippen LogP contribution < -0.4 is 5.32 Å². The first-order valence-electron chi connectivity index (χ1n) is 7.05. The molecule has 2 unspecified atom stereocenters. The smallest absolute Gasteiger partial charge is 0.00957 e. The molecule has 1 aromatic carbocycles. The van der Waals surface area contributed by atoms with Crippen molar-refractivity contribution in [3.8, 4) is 0 Å². The second-order valence-corrected chi connectivity index (χ2v) is 4.97. The van der Waals surface area contributed by atoms with Gasteiger partial charge in [-0.3, -0.25) is 0 Å². The van der Waals surface area contributed by atoms with E-state index in [0.717, 1.165) is 12.5 Å². The molecule has 2 atom stereocenters. The first-order chi connectivity index (χ1) is 8.27. The van der Waals surface area contributed by atoms with Gasteiger partial charge in [-0.15, -0.1) is 0 Å². The summed E-state index contributed by atoms with van der Waals surface area (Å²) < 4.78 is 0. The average molecular weight is 233 g/mol. The standard InChI is InChI=1S/C16H27N/c1-4-13-17-16(14(3)5-2)12-11-15-9-7-6-8-10-15/h6-10,14,16-17H,4-5,11-13H2,1-3H3. The normalized spacial score (nSPS) is 14.5. The quantitative estimate of drug-likeness (QED) is 0.714. The highest BCUT2D eigenvalue weighted by Gasteiger charge is 2.14. The molecule has 1 nitrogen and oxygen atoms in total. The van der Waals surface area contributed by atoms with Crippen molar-refractivity contribution in [2.24, 2.45) is 5.92 Å². The molecule has 0 saturated heterocycles. The van der Waals surface area contributed by atoms with Crippen LogP contribution in [0, 0.1) is 5.92 Å². The molecule has 0 aliphatic rings. The SMILES string of the molecule is CCCNC(CCc1ccccc1)C(C)CC. The van der Waals surface area contributed by atoms with E-state index in [1.165, 1.54) is 31.2 Å². The van der Waals surface area contributed by atoms with Gasteiger partial charge in [0, 0.05) is 6.04 Å². The Balaban J connectivity index is 2.43. The van der Waals surface area contributed by atoms with Gasteiger partial charge in [-0.25, -0.2) is 0 Å². The number of hydrogen-bond donors (Lipinski definition) is 1. The molecule has 0 fully saturated rings. The number of nitrogens with one attached hydrogen (secondary N) is 1. The molecule has 0 aliphatic carbocycles. The lowest BCUT2D eigenvalue weighted by atomic mass is 9.93. The summed E-state index contributed by atoms with van der Waals surface area (Å²) in [6.07, 6.45) is 4.92. The van der Waals surface area contributed by atoms with Crippen LogP contribution >= 0.6 is 0 Å². The molecule has 17 heavy (non-hydrogen) atoms. The van der Waals surface area contributed by atoms with Crippen molar-refractivity contribution < 1.29 is 0 Å². The molecule has 0 spiro atoms. The van der Waals surface area contributed by atoms with Gasteiger partial charge in [0.05, 0.1) is 0 Å². The maximum absolute atomic E-state index is 3.69. The maximum atomic E-state index is 3.69. The largest absolute Gasteiger partial charge is 0.314 e. The Morgan fingerprint density at radius 2 is 1.82 bits per heavy atom. The van der Waals surface area contributed by atoms with E-state index in [1.807, 2.05) is 0 Å². The number of benzene rings is 1. The van der Waals surface area contributed by atoms with E-state index >= 15 is 0 Å². The zero-order valence-electron chi connectivity index (χ0n) is 11.6. The van der Waals surface area contributed by atoms with Gasteiger partial charge >= 0.3 is 0 Å². The van der Waals surface area contributed by atoms with Crippen molar-refractivity contribution in [2.45, 2.75) is 52.5 Å². The summed E-state index contributed by atoms with van der Waals surface area (Å²) in [6.45, 7) is 8.02. The molecular weight excluding hydrogens is 206 g/mol. The highest BCUT2D eigenvalue weighted by molar-refractivity contribution is 5.14. The molecule has 0 saturated carbocycles. The Morgan fingerprint density at radius 3 is 2.41 bits per heavy atom. The Morgan fingerprint density at radius 1 is 1.12 bits per heavy atom. The second kappa shape index (κ2) is 8.30. The number of rotatable bonds is 8. The molecule has 0 radical (unpaired) electrons. The van der Waals surface area contributed by atoms with Gasteiger partial charge in [0.25, 0.3) is 0 Å². The van der Waals surface area contributed by atoms with Crippen molar-refractivity contribution in [1.29, 1.82) is 0 Å². The molecule has 96 valence electrons. The summed E-state index contributed by atoms with van der Waals surface area (Å²) in [4.78, 5) is 0. The molecule has 1 rings (SSSR count). The maximum Gasteiger partial charge on any atom is 0.00957 e. The van der Waals surface area contributed by atoms with Crippen LogP contribution in [-0.2, 0) is 6.42 Å². The molecule has 0 aromatic heterocycles. The average Bonchev–Trinajstić information content (AvgIpc) is 2.39. The molecular formula is C16H27N. The summed E-state index contributed by atoms with van der Waals surface area (Å²) in [5, 5.41) is 3.69. The lowest BCUT2D eigenvalue weighted by Crippen LogP contribution is -2.35. The molecule has 1 N–H and O–H groups in total. The fraction of sp³-hybridized carbons (Fsp3) is 0.625. The Hall–Kier alpha value is -0.820. The first-order valence-corrected chi connectivity index (χ1v) is 7.05. The Kier molecular flexibility index (Phi) is 6.95. The Bertz CT molecular complexity index is 281. The fourth-order valence-electron chi connectivity index (χ4n) is 2.17. The molecule has 0 heterocycles. The topological polar surface area (TPSA) is 12.0 Å². The Labute approximate surface area is 107 Å². The molecule has 1 aromatic rings. The van der Waals surface area contributed by atoms with Crippen molar-refractivity contribution in [2.75, 3.05) is 6.54 Å². The van der Waals surface area contributed by atoms with Crippen LogP contribution in [0.5, 0.6) is 0 Å². The third-order valence-corrected chi connectivity index (χ3v) is 3.57. The van der Waals surface area contributed by atoms with Crippen molar-refractivity contribution in [1.82, 2.24) is 5.32 Å². The molecule has 0 bridgehead atoms. The van der Waals surface area contributed by atoms with E-state index in [4.69, 9.17) is 0 Å². The number of hydrogen-bond acceptors (Lipinski definition) is 1. The van der Waals surface area contributed by atoms with Crippen LogP contribution in [0.1, 0.15) is 45.6 Å². The van der Waals surface area contributed by atoms with Gasteiger partial charge in [-0.2, -0.15) is 0 Å². The number of aryl methyl sites for hydroxylation is 1. The van der Waals surface area contributed by atoms with Crippen LogP contribution in [-0.4, -0.2) is 12.6 Å². The minimum atomic E-state index is 0.667. The summed E-state index contributed by atoms with van der Waals surface area (Å²) in [5.41, 5.74) is 1.46. The molecule has 0 aliphatic heterocycles. The van der Waals surface area contributed by atoms with Gasteiger partial charge in [0.15, 0.2) is 0 Å². The van der Waals surface area contributed by atoms with Crippen LogP contribution in [0.3, 0.4) is 0 Å². The van der Waals surface area contributed by atoms with E-state index in [9.17, 15) is 0 Å². The van der Waals surface area contributed by atoms with Crippen LogP contribution in [0.25, 0.3) is 0 Å². The predicted molar refractivity (Wildman–Crippen MR) is 76.3 cm³/mol. The van der Waals surface area contributed by atoms with Crippen molar-refractivity contribution >= 4 is 0 Å². The third kappa shape index (κ3) is 5.36. The van der Waals surface area contributed by atoms with E-state index in [0.29, 0.717) is 6.04 Å². The molecule has 0 amide bonds. The van der Waals surface area contributed by atoms with Crippen LogP contribution in [0.4, 0.5) is 0 Å². The third-order valence-electron chi connectivity index (χ3n) is 3.57. The van der Waals surface area contributed by atoms with Gasteiger partial charge in [0.2, 0.25) is 0 Å². The summed E-state index contributed by atoms with van der Waals surface area (Å²) >= 11 is 0. The minimum absolute atomic E-state index is 0.667. The first kappa shape index (κ1) is 14.2. The lowest BCUT2D eigenvalue weighted by Gasteiger charge is -2.24. The fourth-order valence-corrected chi connectivity index (χ4v) is 2.17. The molecule has 1 heteroatoms. The summed E-state index contributed by atoms with van der Waals surface area (Å²) in [7, 11) is 0. The van der Waals surface area contributed by atoms with E-state index in [2.05, 4.69) is 56.4 Å². The minimum Gasteiger partial charge on any atom is -0.314 e. The summed E-state index contributed by atoms with van der Waals surface area (Å²) in [6, 6.07) is 11.5. The monoisotopic (exact) mass is 233 g/mol. The van der Waals surface area contributed by atoms with Gasteiger partial charge in [-0.05, 0) is 37.3 Å². The van der Waals surface area contributed by atoms with Gasteiger partial charge in [-0.1, -0.05) is 57.5 Å². The van der Waals surface area contributed by atoms with Crippen LogP contribution in [0.15, 0.2) is 30.3 Å². The zero-order chi connectivity index (χ0) is 12.5. The van der Waals surface area contributed by atoms with Crippen molar-refractivity contribution in [3.05, 3.63) is 35.9 Å². The van der Waals surface area contributed by atoms with E-state index in [1.54, 1.807) is 0 Å². The second-order valence-electron chi connectivity index (χ2n) is 4.97. The highest BCUT2D eigenvalue weighted by Crippen LogP contribution is 2.14. The lowest BCUT2D eigenvalue weighted by molar-refractivity contribution is 0.348. The van der Waals surface area contributed by atoms with E-state index < -0.39 is 0 Å². The predicted octanol–water partition coefficient (Wildman–Crippen LogP) is 4.03. The zero-order valence-corrected chi connectivity index (χ0v) is 11.6. The van der Waals surface area contributed by atoms with E-state index in [-0.39, 0.29) is 0 Å². The van der Waals surface area contributed by atoms with Crippen molar-refractivity contribution in [3.63, 3.8) is 0 Å². The van der Waals surface area contributed by atoms with Crippen LogP contribution in [0.2, 0.25) is 0 Å². The van der Waals surface area contributed by atoms with Gasteiger partial charge < -0.3 is 5.32 Å². The van der Waals surface area contributed by atoms with Gasteiger partial charge in [0.1, 0.15) is 0 Å².